The van der Waals surface area contributed by atoms with E-state index in [9.17, 15) is 4.79 Å². The summed E-state index contributed by atoms with van der Waals surface area (Å²) < 4.78 is 0.540. The van der Waals surface area contributed by atoms with Crippen molar-refractivity contribution in [2.75, 3.05) is 18.1 Å². The smallest absolute Gasteiger partial charge is 0.251 e. The molecule has 1 aliphatic heterocycles. The van der Waals surface area contributed by atoms with Gasteiger partial charge in [-0.25, -0.2) is 0 Å². The Balaban J connectivity index is 0.00000176. The zero-order valence-corrected chi connectivity index (χ0v) is 14.9. The van der Waals surface area contributed by atoms with Gasteiger partial charge in [0.05, 0.1) is 4.58 Å². The molecule has 1 amide bonds. The Morgan fingerprint density at radius 1 is 1.18 bits per heavy atom. The average Bonchev–Trinajstić information content (AvgIpc) is 3.18. The van der Waals surface area contributed by atoms with E-state index in [0.717, 1.165) is 18.4 Å². The third-order valence-electron chi connectivity index (χ3n) is 4.35. The van der Waals surface area contributed by atoms with E-state index >= 15 is 0 Å². The third kappa shape index (κ3) is 4.13. The fraction of sp³-hybridized carbons (Fsp3) is 0.562. The van der Waals surface area contributed by atoms with Gasteiger partial charge in [-0.05, 0) is 43.0 Å². The first-order chi connectivity index (χ1) is 10.3. The Labute approximate surface area is 147 Å². The Morgan fingerprint density at radius 2 is 1.86 bits per heavy atom. The molecule has 3 N–H and O–H groups in total. The maximum absolute atomic E-state index is 12.3. The second kappa shape index (κ2) is 8.48. The van der Waals surface area contributed by atoms with Crippen LogP contribution in [0.5, 0.6) is 0 Å². The lowest BCUT2D eigenvalue weighted by atomic mass is 10.0. The number of hydrogen-bond acceptors (Lipinski definition) is 4. The molecule has 0 bridgehead atoms. The van der Waals surface area contributed by atoms with Gasteiger partial charge in [0, 0.05) is 23.1 Å². The summed E-state index contributed by atoms with van der Waals surface area (Å²) in [6, 6.07) is 8.36. The van der Waals surface area contributed by atoms with Crippen LogP contribution in [0.1, 0.15) is 39.8 Å². The molecule has 3 rings (SSSR count). The number of nitrogens with two attached hydrogens (primary N) is 1. The largest absolute Gasteiger partial charge is 0.349 e. The van der Waals surface area contributed by atoms with Crippen molar-refractivity contribution in [1.29, 1.82) is 0 Å². The molecular weight excluding hydrogens is 336 g/mol. The first-order valence-electron chi connectivity index (χ1n) is 7.62. The Hall–Kier alpha value is -0.360. The first kappa shape index (κ1) is 18.0. The van der Waals surface area contributed by atoms with Gasteiger partial charge in [0.2, 0.25) is 0 Å². The molecule has 0 spiro atoms. The molecule has 0 aromatic heterocycles. The van der Waals surface area contributed by atoms with Gasteiger partial charge in [-0.1, -0.05) is 18.6 Å². The summed E-state index contributed by atoms with van der Waals surface area (Å²) in [5.74, 6) is 2.93. The highest BCUT2D eigenvalue weighted by Crippen LogP contribution is 2.45. The summed E-state index contributed by atoms with van der Waals surface area (Å²) in [6.45, 7) is 0.667. The fourth-order valence-corrected chi connectivity index (χ4v) is 5.96. The predicted octanol–water partition coefficient (Wildman–Crippen LogP) is 3.44. The van der Waals surface area contributed by atoms with Gasteiger partial charge in [0.25, 0.3) is 5.91 Å². The van der Waals surface area contributed by atoms with Gasteiger partial charge in [-0.15, -0.1) is 35.9 Å². The van der Waals surface area contributed by atoms with Crippen LogP contribution in [0.4, 0.5) is 0 Å². The predicted molar refractivity (Wildman–Crippen MR) is 99.0 cm³/mol. The van der Waals surface area contributed by atoms with Crippen LogP contribution in [0.15, 0.2) is 24.3 Å². The number of halogens is 1. The van der Waals surface area contributed by atoms with Crippen molar-refractivity contribution in [2.45, 2.75) is 29.9 Å². The highest BCUT2D eigenvalue weighted by atomic mass is 35.5. The molecule has 1 aromatic rings. The molecular formula is C16H23ClN2OS2. The first-order valence-corrected chi connectivity index (χ1v) is 9.72. The number of thioether (sulfide) groups is 2. The summed E-state index contributed by atoms with van der Waals surface area (Å²) >= 11 is 3.98. The van der Waals surface area contributed by atoms with Crippen molar-refractivity contribution in [3.63, 3.8) is 0 Å². The average molecular weight is 359 g/mol. The number of amides is 1. The molecule has 1 aliphatic carbocycles. The second-order valence-corrected chi connectivity index (χ2v) is 8.43. The van der Waals surface area contributed by atoms with Crippen LogP contribution in [0.25, 0.3) is 0 Å². The fourth-order valence-electron chi connectivity index (χ4n) is 3.10. The van der Waals surface area contributed by atoms with Gasteiger partial charge in [0.1, 0.15) is 0 Å². The molecule has 1 aromatic carbocycles. The lowest BCUT2D eigenvalue weighted by Gasteiger charge is -2.19. The molecule has 1 heterocycles. The van der Waals surface area contributed by atoms with Crippen LogP contribution in [-0.4, -0.2) is 30.0 Å². The molecule has 2 fully saturated rings. The van der Waals surface area contributed by atoms with Crippen molar-refractivity contribution < 1.29 is 4.79 Å². The Bertz CT molecular complexity index is 491. The van der Waals surface area contributed by atoms with Crippen LogP contribution >= 0.6 is 35.9 Å². The lowest BCUT2D eigenvalue weighted by molar-refractivity contribution is 0.0929. The topological polar surface area (TPSA) is 55.1 Å². The number of nitrogens with one attached hydrogen (secondary N) is 1. The van der Waals surface area contributed by atoms with Crippen molar-refractivity contribution in [3.8, 4) is 0 Å². The van der Waals surface area contributed by atoms with Crippen LogP contribution in [0.2, 0.25) is 0 Å². The summed E-state index contributed by atoms with van der Waals surface area (Å²) in [7, 11) is 0. The van der Waals surface area contributed by atoms with E-state index in [1.165, 1.54) is 23.5 Å². The van der Waals surface area contributed by atoms with E-state index in [1.54, 1.807) is 0 Å². The minimum atomic E-state index is 0. The summed E-state index contributed by atoms with van der Waals surface area (Å²) in [5, 5.41) is 3.16. The van der Waals surface area contributed by atoms with Crippen molar-refractivity contribution in [3.05, 3.63) is 35.4 Å². The number of hydrogen-bond donors (Lipinski definition) is 2. The van der Waals surface area contributed by atoms with Gasteiger partial charge in [-0.3, -0.25) is 4.79 Å². The molecule has 1 saturated heterocycles. The summed E-state index contributed by atoms with van der Waals surface area (Å²) in [6.07, 6.45) is 3.36. The normalized spacial score (nSPS) is 25.0. The molecule has 122 valence electrons. The van der Waals surface area contributed by atoms with Crippen LogP contribution < -0.4 is 11.1 Å². The Morgan fingerprint density at radius 3 is 2.50 bits per heavy atom. The highest BCUT2D eigenvalue weighted by molar-refractivity contribution is 8.19. The molecule has 2 unspecified atom stereocenters. The standard InChI is InChI=1S/C16H22N2OS2.ClH/c17-10-13-2-1-3-14(13)18-15(19)11-4-6-12(7-5-11)16-20-8-9-21-16;/h4-7,13-14,16H,1-3,8-10,17H2,(H,18,19);1H. The minimum absolute atomic E-state index is 0. The number of carbonyl (C=O) groups is 1. The molecule has 1 saturated carbocycles. The van der Waals surface area contributed by atoms with E-state index in [0.29, 0.717) is 17.0 Å². The zero-order valence-electron chi connectivity index (χ0n) is 12.5. The Kier molecular flexibility index (Phi) is 6.93. The molecule has 22 heavy (non-hydrogen) atoms. The maximum Gasteiger partial charge on any atom is 0.251 e. The van der Waals surface area contributed by atoms with E-state index < -0.39 is 0 Å². The number of rotatable bonds is 4. The maximum atomic E-state index is 12.3. The number of carbonyl (C=O) groups excluding carboxylic acids is 1. The molecule has 2 atom stereocenters. The number of benzene rings is 1. The third-order valence-corrected chi connectivity index (χ3v) is 7.45. The van der Waals surface area contributed by atoms with Gasteiger partial charge >= 0.3 is 0 Å². The van der Waals surface area contributed by atoms with Gasteiger partial charge in [0.15, 0.2) is 0 Å². The minimum Gasteiger partial charge on any atom is -0.349 e. The van der Waals surface area contributed by atoms with E-state index in [2.05, 4.69) is 17.4 Å². The van der Waals surface area contributed by atoms with E-state index in [4.69, 9.17) is 5.73 Å². The lowest BCUT2D eigenvalue weighted by Crippen LogP contribution is -2.39. The monoisotopic (exact) mass is 358 g/mol. The van der Waals surface area contributed by atoms with E-state index in [-0.39, 0.29) is 24.4 Å². The highest BCUT2D eigenvalue weighted by Gasteiger charge is 2.27. The quantitative estimate of drug-likeness (QED) is 0.865. The zero-order chi connectivity index (χ0) is 14.7. The molecule has 6 heteroatoms. The van der Waals surface area contributed by atoms with Crippen LogP contribution in [0.3, 0.4) is 0 Å². The van der Waals surface area contributed by atoms with Crippen LogP contribution in [-0.2, 0) is 0 Å². The van der Waals surface area contributed by atoms with Gasteiger partial charge in [-0.2, -0.15) is 0 Å². The van der Waals surface area contributed by atoms with Crippen molar-refractivity contribution >= 4 is 41.8 Å². The van der Waals surface area contributed by atoms with Crippen molar-refractivity contribution in [1.82, 2.24) is 5.32 Å². The second-order valence-electron chi connectivity index (χ2n) is 5.70. The van der Waals surface area contributed by atoms with Gasteiger partial charge < -0.3 is 11.1 Å². The molecule has 2 aliphatic rings. The SMILES string of the molecule is Cl.NCC1CCCC1NC(=O)c1ccc(C2SCCS2)cc1. The molecule has 3 nitrogen and oxygen atoms in total. The van der Waals surface area contributed by atoms with Crippen molar-refractivity contribution in [2.24, 2.45) is 11.7 Å². The van der Waals surface area contributed by atoms with E-state index in [1.807, 2.05) is 35.7 Å². The summed E-state index contributed by atoms with van der Waals surface area (Å²) in [5.41, 5.74) is 7.85. The van der Waals surface area contributed by atoms with Crippen LogP contribution in [0, 0.1) is 5.92 Å². The summed E-state index contributed by atoms with van der Waals surface area (Å²) in [4.78, 5) is 12.3. The molecule has 0 radical (unpaired) electrons.